The number of hydrogen-bond acceptors (Lipinski definition) is 4. The van der Waals surface area contributed by atoms with E-state index in [9.17, 15) is 0 Å². The molecule has 2 aliphatic rings. The number of aromatic nitrogens is 3. The molecule has 1 aromatic rings. The molecule has 0 bridgehead atoms. The van der Waals surface area contributed by atoms with Gasteiger partial charge in [0.25, 0.3) is 0 Å². The van der Waals surface area contributed by atoms with Gasteiger partial charge in [-0.25, -0.2) is 4.99 Å². The highest BCUT2D eigenvalue weighted by Gasteiger charge is 2.32. The zero-order chi connectivity index (χ0) is 16.9. The lowest BCUT2D eigenvalue weighted by Crippen LogP contribution is -2.49. The normalized spacial score (nSPS) is 19.6. The average Bonchev–Trinajstić information content (AvgIpc) is 3.21. The molecule has 25 heavy (non-hydrogen) atoms. The van der Waals surface area contributed by atoms with Gasteiger partial charge in [-0.2, -0.15) is 0 Å². The maximum Gasteiger partial charge on any atom is 0.192 e. The Morgan fingerprint density at radius 1 is 1.28 bits per heavy atom. The number of aryl methyl sites for hydroxylation is 1. The van der Waals surface area contributed by atoms with Crippen LogP contribution in [0.3, 0.4) is 0 Å². The van der Waals surface area contributed by atoms with E-state index in [4.69, 9.17) is 9.73 Å². The van der Waals surface area contributed by atoms with Gasteiger partial charge in [0.2, 0.25) is 0 Å². The molecule has 1 aromatic heterocycles. The number of rotatable bonds is 7. The van der Waals surface area contributed by atoms with Crippen LogP contribution < -0.4 is 10.6 Å². The molecular weight excluding hydrogens is 431 g/mol. The van der Waals surface area contributed by atoms with Gasteiger partial charge >= 0.3 is 0 Å². The molecule has 2 aliphatic carbocycles. The fraction of sp³-hybridized carbons (Fsp3) is 0.824. The number of nitrogens with zero attached hydrogens (tertiary/aromatic N) is 4. The molecule has 0 aromatic carbocycles. The molecule has 0 aliphatic heterocycles. The Kier molecular flexibility index (Phi) is 7.92. The first kappa shape index (κ1) is 20.4. The van der Waals surface area contributed by atoms with Crippen LogP contribution in [-0.4, -0.2) is 46.5 Å². The largest absolute Gasteiger partial charge is 0.383 e. The van der Waals surface area contributed by atoms with E-state index >= 15 is 0 Å². The predicted octanol–water partition coefficient (Wildman–Crippen LogP) is 2.14. The lowest BCUT2D eigenvalue weighted by molar-refractivity contribution is 0.165. The first-order valence-electron chi connectivity index (χ1n) is 9.08. The van der Waals surface area contributed by atoms with E-state index in [1.54, 1.807) is 7.11 Å². The Hall–Kier alpha value is -0.900. The van der Waals surface area contributed by atoms with Gasteiger partial charge in [-0.3, -0.25) is 0 Å². The molecule has 0 amide bonds. The highest BCUT2D eigenvalue weighted by Crippen LogP contribution is 2.32. The van der Waals surface area contributed by atoms with Crippen molar-refractivity contribution in [2.24, 2.45) is 18.0 Å². The quantitative estimate of drug-likeness (QED) is 0.369. The minimum absolute atomic E-state index is 0. The van der Waals surface area contributed by atoms with Crippen LogP contribution in [-0.2, 0) is 18.3 Å². The molecule has 142 valence electrons. The third-order valence-corrected chi connectivity index (χ3v) is 5.12. The van der Waals surface area contributed by atoms with Crippen LogP contribution in [0.25, 0.3) is 0 Å². The zero-order valence-corrected chi connectivity index (χ0v) is 17.8. The molecule has 3 rings (SSSR count). The summed E-state index contributed by atoms with van der Waals surface area (Å²) in [7, 11) is 3.75. The molecule has 7 nitrogen and oxygen atoms in total. The van der Waals surface area contributed by atoms with Gasteiger partial charge in [-0.1, -0.05) is 12.8 Å². The number of methoxy groups -OCH3 is 1. The van der Waals surface area contributed by atoms with Crippen molar-refractivity contribution in [3.8, 4) is 0 Å². The van der Waals surface area contributed by atoms with Gasteiger partial charge in [-0.05, 0) is 38.5 Å². The standard InChI is InChI=1S/C17H30N6O.HI/c1-12-21-22-16(23(12)2)10-18-17(19-14-6-4-5-7-14)20-15(11-24-3)13-8-9-13;/h13-15H,4-11H2,1-3H3,(H2,18,19,20);1H. The van der Waals surface area contributed by atoms with Crippen LogP contribution >= 0.6 is 24.0 Å². The summed E-state index contributed by atoms with van der Waals surface area (Å²) in [5.74, 6) is 3.39. The van der Waals surface area contributed by atoms with Crippen molar-refractivity contribution in [1.82, 2.24) is 25.4 Å². The van der Waals surface area contributed by atoms with Crippen LogP contribution in [0.4, 0.5) is 0 Å². The first-order valence-corrected chi connectivity index (χ1v) is 9.08. The summed E-state index contributed by atoms with van der Waals surface area (Å²) in [5, 5.41) is 15.5. The molecule has 1 unspecified atom stereocenters. The molecule has 0 radical (unpaired) electrons. The van der Waals surface area contributed by atoms with Crippen molar-refractivity contribution in [2.45, 2.75) is 64.1 Å². The van der Waals surface area contributed by atoms with Crippen molar-refractivity contribution in [1.29, 1.82) is 0 Å². The number of guanidine groups is 1. The number of hydrogen-bond donors (Lipinski definition) is 2. The van der Waals surface area contributed by atoms with E-state index < -0.39 is 0 Å². The van der Waals surface area contributed by atoms with Gasteiger partial charge in [0.15, 0.2) is 11.8 Å². The maximum atomic E-state index is 5.39. The lowest BCUT2D eigenvalue weighted by Gasteiger charge is -2.23. The number of nitrogens with one attached hydrogen (secondary N) is 2. The summed E-state index contributed by atoms with van der Waals surface area (Å²) in [6.07, 6.45) is 7.61. The second kappa shape index (κ2) is 9.70. The topological polar surface area (TPSA) is 76.4 Å². The minimum Gasteiger partial charge on any atom is -0.383 e. The van der Waals surface area contributed by atoms with Crippen LogP contribution in [0, 0.1) is 12.8 Å². The van der Waals surface area contributed by atoms with Gasteiger partial charge < -0.3 is 19.9 Å². The maximum absolute atomic E-state index is 5.39. The molecule has 2 saturated carbocycles. The second-order valence-corrected chi connectivity index (χ2v) is 7.06. The van der Waals surface area contributed by atoms with Gasteiger partial charge in [0.1, 0.15) is 12.4 Å². The predicted molar refractivity (Wildman–Crippen MR) is 109 cm³/mol. The van der Waals surface area contributed by atoms with Crippen molar-refractivity contribution in [2.75, 3.05) is 13.7 Å². The molecule has 0 spiro atoms. The number of ether oxygens (including phenoxy) is 1. The number of halogens is 1. The van der Waals surface area contributed by atoms with E-state index in [0.29, 0.717) is 24.5 Å². The van der Waals surface area contributed by atoms with Crippen LogP contribution in [0.5, 0.6) is 0 Å². The third-order valence-electron chi connectivity index (χ3n) is 5.12. The SMILES string of the molecule is COCC(NC(=NCc1nnc(C)n1C)NC1CCCC1)C1CC1.I. The van der Waals surface area contributed by atoms with Crippen molar-refractivity contribution < 1.29 is 4.74 Å². The lowest BCUT2D eigenvalue weighted by atomic mass is 10.2. The molecule has 2 fully saturated rings. The average molecular weight is 462 g/mol. The third kappa shape index (κ3) is 5.80. The first-order chi connectivity index (χ1) is 11.7. The van der Waals surface area contributed by atoms with E-state index in [2.05, 4.69) is 20.8 Å². The highest BCUT2D eigenvalue weighted by atomic mass is 127. The number of aliphatic imine (C=N–C) groups is 1. The summed E-state index contributed by atoms with van der Waals surface area (Å²) >= 11 is 0. The Morgan fingerprint density at radius 3 is 2.56 bits per heavy atom. The molecule has 0 saturated heterocycles. The summed E-state index contributed by atoms with van der Waals surface area (Å²) in [5.41, 5.74) is 0. The van der Waals surface area contributed by atoms with E-state index in [1.807, 2.05) is 18.5 Å². The summed E-state index contributed by atoms with van der Waals surface area (Å²) < 4.78 is 7.38. The van der Waals surface area contributed by atoms with Gasteiger partial charge in [0, 0.05) is 20.2 Å². The van der Waals surface area contributed by atoms with Crippen LogP contribution in [0.1, 0.15) is 50.2 Å². The Balaban J connectivity index is 0.00000225. The van der Waals surface area contributed by atoms with Crippen molar-refractivity contribution in [3.63, 3.8) is 0 Å². The smallest absolute Gasteiger partial charge is 0.192 e. The van der Waals surface area contributed by atoms with Crippen LogP contribution in [0.15, 0.2) is 4.99 Å². The van der Waals surface area contributed by atoms with Crippen molar-refractivity contribution in [3.05, 3.63) is 11.6 Å². The van der Waals surface area contributed by atoms with Gasteiger partial charge in [0.05, 0.1) is 12.6 Å². The Labute approximate surface area is 167 Å². The fourth-order valence-electron chi connectivity index (χ4n) is 3.28. The summed E-state index contributed by atoms with van der Waals surface area (Å²) in [6, 6.07) is 0.865. The monoisotopic (exact) mass is 462 g/mol. The molecule has 1 atom stereocenters. The zero-order valence-electron chi connectivity index (χ0n) is 15.5. The molecule has 8 heteroatoms. The molecular formula is C17H31IN6O. The van der Waals surface area contributed by atoms with Gasteiger partial charge in [-0.15, -0.1) is 34.2 Å². The highest BCUT2D eigenvalue weighted by molar-refractivity contribution is 14.0. The Morgan fingerprint density at radius 2 is 2.00 bits per heavy atom. The Bertz CT molecular complexity index is 565. The van der Waals surface area contributed by atoms with E-state index in [0.717, 1.165) is 24.2 Å². The molecule has 2 N–H and O–H groups in total. The van der Waals surface area contributed by atoms with E-state index in [1.165, 1.54) is 38.5 Å². The molecule has 1 heterocycles. The van der Waals surface area contributed by atoms with Crippen LogP contribution in [0.2, 0.25) is 0 Å². The summed E-state index contributed by atoms with van der Waals surface area (Å²) in [6.45, 7) is 3.21. The fourth-order valence-corrected chi connectivity index (χ4v) is 3.28. The minimum atomic E-state index is 0. The second-order valence-electron chi connectivity index (χ2n) is 7.06. The van der Waals surface area contributed by atoms with E-state index in [-0.39, 0.29) is 24.0 Å². The summed E-state index contributed by atoms with van der Waals surface area (Å²) in [4.78, 5) is 4.78. The van der Waals surface area contributed by atoms with Crippen molar-refractivity contribution >= 4 is 29.9 Å².